The third kappa shape index (κ3) is 9.75. The Morgan fingerprint density at radius 2 is 1.30 bits per heavy atom. The molecule has 0 saturated heterocycles. The minimum atomic E-state index is -2.56. The Morgan fingerprint density at radius 3 is 1.85 bits per heavy atom. The highest BCUT2D eigenvalue weighted by atomic mass is 16.6. The lowest BCUT2D eigenvalue weighted by Gasteiger charge is -2.30. The molecule has 2 aliphatic heterocycles. The number of amides is 2. The normalized spacial score (nSPS) is 18.4. The maximum Gasteiger partial charge on any atom is 0.410 e. The summed E-state index contributed by atoms with van der Waals surface area (Å²) in [4.78, 5) is 36.7. The molecule has 0 radical (unpaired) electrons. The molecular formula is C50H60N6O4. The molecule has 6 aromatic rings. The maximum absolute atomic E-state index is 12.8. The Morgan fingerprint density at radius 1 is 0.750 bits per heavy atom. The molecule has 0 N–H and O–H groups in total. The van der Waals surface area contributed by atoms with Crippen LogP contribution in [0.1, 0.15) is 114 Å². The lowest BCUT2D eigenvalue weighted by molar-refractivity contribution is 0.0213. The van der Waals surface area contributed by atoms with Crippen LogP contribution in [0.5, 0.6) is 0 Å². The van der Waals surface area contributed by atoms with E-state index in [4.69, 9.17) is 25.9 Å². The van der Waals surface area contributed by atoms with Gasteiger partial charge in [0.1, 0.15) is 11.2 Å². The topological polar surface area (TPSA) is 94.7 Å². The molecule has 0 unspecified atom stereocenters. The van der Waals surface area contributed by atoms with Crippen LogP contribution in [0.25, 0.3) is 34.0 Å². The fraction of sp³-hybridized carbons (Fsp3) is 0.400. The number of pyridine rings is 2. The Labute approximate surface area is 371 Å². The van der Waals surface area contributed by atoms with Gasteiger partial charge in [0.15, 0.2) is 0 Å². The number of rotatable bonds is 5. The van der Waals surface area contributed by atoms with E-state index >= 15 is 0 Å². The minimum Gasteiger partial charge on any atom is -0.444 e. The standard InChI is InChI=1S/C25H31N3O2.C25H29N3O2/c2*1-17-6-9-22-20(14-17)21-16-27(24(29)30-25(3,4)5)12-11-23(21)28(22)13-10-19-8-7-18(2)26-15-19/h6-9,14-15H,10-13,16H2,1-5H3;6-10,13-15H,11-12,16H2,1-5H3/i2D3,10D2,13D2;2D3,10D,13D. The molecule has 6 heterocycles. The third-order valence-corrected chi connectivity index (χ3v) is 10.1. The highest BCUT2D eigenvalue weighted by molar-refractivity contribution is 5.90. The van der Waals surface area contributed by atoms with E-state index < -0.39 is 43.9 Å². The van der Waals surface area contributed by atoms with Gasteiger partial charge in [-0.1, -0.05) is 35.4 Å². The summed E-state index contributed by atoms with van der Waals surface area (Å²) in [6.07, 6.45) is -0.181. The van der Waals surface area contributed by atoms with Gasteiger partial charge in [-0.25, -0.2) is 9.59 Å². The van der Waals surface area contributed by atoms with Gasteiger partial charge in [0.05, 0.1) is 24.1 Å². The first-order valence-corrected chi connectivity index (χ1v) is 20.0. The molecule has 8 rings (SSSR count). The van der Waals surface area contributed by atoms with Crippen molar-refractivity contribution in [2.45, 2.75) is 119 Å². The second kappa shape index (κ2) is 17.0. The zero-order valence-corrected chi connectivity index (χ0v) is 35.5. The fourth-order valence-electron chi connectivity index (χ4n) is 7.34. The van der Waals surface area contributed by atoms with Crippen LogP contribution in [-0.2, 0) is 48.3 Å². The minimum absolute atomic E-state index is 0.0331. The number of aromatic nitrogens is 4. The van der Waals surface area contributed by atoms with Crippen LogP contribution in [0, 0.1) is 27.6 Å². The molecule has 0 fully saturated rings. The predicted molar refractivity (Wildman–Crippen MR) is 241 cm³/mol. The predicted octanol–water partition coefficient (Wildman–Crippen LogP) is 10.8. The number of nitrogens with zero attached hydrogens (tertiary/aromatic N) is 6. The first kappa shape index (κ1) is 29.3. The average Bonchev–Trinajstić information content (AvgIpc) is 3.78. The van der Waals surface area contributed by atoms with Crippen molar-refractivity contribution in [3.8, 4) is 0 Å². The number of carbonyl (C=O) groups excluding carboxylic acids is 2. The second-order valence-corrected chi connectivity index (χ2v) is 17.2. The number of aryl methyl sites for hydroxylation is 6. The second-order valence-electron chi connectivity index (χ2n) is 17.2. The molecular weight excluding hydrogens is 749 g/mol. The third-order valence-electron chi connectivity index (χ3n) is 10.1. The summed E-state index contributed by atoms with van der Waals surface area (Å²) in [6, 6.07) is 16.8. The van der Waals surface area contributed by atoms with Crippen LogP contribution >= 0.6 is 0 Å². The summed E-state index contributed by atoms with van der Waals surface area (Å²) < 4.78 is 113. The van der Waals surface area contributed by atoms with Crippen molar-refractivity contribution in [3.63, 3.8) is 0 Å². The SMILES string of the molecule is [2H]C(=C([2H])n1c2c(c3cc(C)ccc31)CN(C(=O)OC(C)(C)C)CC2)c1ccc(C([2H])([2H])[2H])nc1.[2H]C([2H])([2H])c1ccc(C([2H])([2H])C([2H])([2H])n2c3c(c4cc(C)ccc42)CN(C(=O)OC(C)(C)C)CC3)cn1. The lowest BCUT2D eigenvalue weighted by atomic mass is 10.0. The van der Waals surface area contributed by atoms with Gasteiger partial charge in [-0.3, -0.25) is 9.97 Å². The van der Waals surface area contributed by atoms with E-state index in [1.165, 1.54) is 35.0 Å². The summed E-state index contributed by atoms with van der Waals surface area (Å²) in [7, 11) is 0. The maximum atomic E-state index is 12.8. The highest BCUT2D eigenvalue weighted by Crippen LogP contribution is 2.34. The molecule has 10 heteroatoms. The van der Waals surface area contributed by atoms with Crippen LogP contribution in [-0.4, -0.2) is 65.4 Å². The van der Waals surface area contributed by atoms with E-state index in [0.717, 1.165) is 50.4 Å². The molecule has 314 valence electrons. The number of hydrogen-bond acceptors (Lipinski definition) is 6. The number of fused-ring (bicyclic) bond motifs is 6. The van der Waals surface area contributed by atoms with Gasteiger partial charge in [-0.15, -0.1) is 0 Å². The molecule has 10 nitrogen and oxygen atoms in total. The molecule has 0 spiro atoms. The van der Waals surface area contributed by atoms with E-state index in [0.29, 0.717) is 49.2 Å². The molecule has 0 atom stereocenters. The average molecular weight is 821 g/mol. The van der Waals surface area contributed by atoms with Crippen LogP contribution in [0.15, 0.2) is 73.1 Å². The van der Waals surface area contributed by atoms with Crippen molar-refractivity contribution in [2.24, 2.45) is 0 Å². The highest BCUT2D eigenvalue weighted by Gasteiger charge is 2.31. The Balaban J connectivity index is 0.000000212. The number of benzene rings is 2. The van der Waals surface area contributed by atoms with Crippen molar-refractivity contribution >= 4 is 46.2 Å². The smallest absolute Gasteiger partial charge is 0.410 e. The van der Waals surface area contributed by atoms with Crippen molar-refractivity contribution in [2.75, 3.05) is 13.1 Å². The zero-order chi connectivity index (χ0) is 53.3. The van der Waals surface area contributed by atoms with Gasteiger partial charge in [0.25, 0.3) is 0 Å². The van der Waals surface area contributed by atoms with Crippen molar-refractivity contribution in [3.05, 3.63) is 129 Å². The van der Waals surface area contributed by atoms with Crippen LogP contribution < -0.4 is 0 Å². The van der Waals surface area contributed by atoms with Gasteiger partial charge < -0.3 is 28.4 Å². The number of carbonyl (C=O) groups is 2. The molecule has 60 heavy (non-hydrogen) atoms. The van der Waals surface area contributed by atoms with Crippen molar-refractivity contribution < 1.29 is 35.5 Å². The molecule has 0 aliphatic carbocycles. The summed E-state index contributed by atoms with van der Waals surface area (Å²) in [5.41, 5.74) is 5.30. The van der Waals surface area contributed by atoms with Crippen LogP contribution in [0.3, 0.4) is 0 Å². The molecule has 0 saturated carbocycles. The van der Waals surface area contributed by atoms with Gasteiger partial charge in [-0.05, 0) is 129 Å². The van der Waals surface area contributed by atoms with E-state index in [9.17, 15) is 9.59 Å². The lowest BCUT2D eigenvalue weighted by Crippen LogP contribution is -2.40. The number of ether oxygens (including phenoxy) is 2. The van der Waals surface area contributed by atoms with Crippen LogP contribution in [0.2, 0.25) is 0 Å². The molecule has 2 amide bonds. The molecule has 0 bridgehead atoms. The summed E-state index contributed by atoms with van der Waals surface area (Å²) in [5, 5.41) is 1.68. The first-order chi connectivity index (χ1) is 33.2. The van der Waals surface area contributed by atoms with Crippen molar-refractivity contribution in [1.82, 2.24) is 28.9 Å². The Bertz CT molecular complexity index is 3070. The summed E-state index contributed by atoms with van der Waals surface area (Å²) >= 11 is 0. The van der Waals surface area contributed by atoms with Gasteiger partial charge >= 0.3 is 12.2 Å². The van der Waals surface area contributed by atoms with E-state index in [-0.39, 0.29) is 41.8 Å². The fourth-order valence-corrected chi connectivity index (χ4v) is 7.34. The van der Waals surface area contributed by atoms with Gasteiger partial charge in [-0.2, -0.15) is 0 Å². The molecule has 4 aromatic heterocycles. The van der Waals surface area contributed by atoms with E-state index in [2.05, 4.69) is 9.97 Å². The Hall–Kier alpha value is -5.90. The van der Waals surface area contributed by atoms with Crippen molar-refractivity contribution in [1.29, 1.82) is 0 Å². The first-order valence-electron chi connectivity index (χ1n) is 26.0. The molecule has 2 aliphatic rings. The van der Waals surface area contributed by atoms with E-state index in [1.54, 1.807) is 41.2 Å². The van der Waals surface area contributed by atoms with Gasteiger partial charge in [0.2, 0.25) is 0 Å². The molecule has 2 aromatic carbocycles. The number of hydrogen-bond donors (Lipinski definition) is 0. The zero-order valence-electron chi connectivity index (χ0n) is 47.5. The van der Waals surface area contributed by atoms with E-state index in [1.807, 2.05) is 65.0 Å². The summed E-state index contributed by atoms with van der Waals surface area (Å²) in [6.45, 7) is 8.77. The van der Waals surface area contributed by atoms with Crippen LogP contribution in [0.4, 0.5) is 9.59 Å². The monoisotopic (exact) mass is 821 g/mol. The quantitative estimate of drug-likeness (QED) is 0.172. The summed E-state index contributed by atoms with van der Waals surface area (Å²) in [5.74, 6) is 0. The Kier molecular flexibility index (Phi) is 8.31. The largest absolute Gasteiger partial charge is 0.444 e. The van der Waals surface area contributed by atoms with Gasteiger partial charge in [0, 0.05) is 112 Å².